The van der Waals surface area contributed by atoms with E-state index in [-0.39, 0.29) is 5.91 Å². The molecule has 0 radical (unpaired) electrons. The van der Waals surface area contributed by atoms with Gasteiger partial charge < -0.3 is 19.1 Å². The number of hydrogen-bond donors (Lipinski definition) is 0. The Bertz CT molecular complexity index is 627. The number of amides is 1. The number of nitrogens with zero attached hydrogens (tertiary/aromatic N) is 3. The number of carbonyl (C=O) groups is 1. The summed E-state index contributed by atoms with van der Waals surface area (Å²) in [4.78, 5) is 18.6. The number of benzene rings is 1. The second-order valence-corrected chi connectivity index (χ2v) is 6.16. The third kappa shape index (κ3) is 3.74. The molecule has 0 N–H and O–H groups in total. The highest BCUT2D eigenvalue weighted by molar-refractivity contribution is 5.91. The van der Waals surface area contributed by atoms with Crippen LogP contribution in [0.2, 0.25) is 0 Å². The third-order valence-electron chi connectivity index (χ3n) is 4.10. The lowest BCUT2D eigenvalue weighted by atomic mass is 10.1. The van der Waals surface area contributed by atoms with Crippen molar-refractivity contribution in [1.82, 2.24) is 9.80 Å². The minimum Gasteiger partial charge on any atom is -0.459 e. The quantitative estimate of drug-likeness (QED) is 0.868. The van der Waals surface area contributed by atoms with Gasteiger partial charge in [0.25, 0.3) is 5.91 Å². The van der Waals surface area contributed by atoms with Gasteiger partial charge in [-0.05, 0) is 43.9 Å². The minimum atomic E-state index is -0.0176. The largest absolute Gasteiger partial charge is 0.459 e. The molecule has 0 aliphatic carbocycles. The van der Waals surface area contributed by atoms with E-state index in [2.05, 4.69) is 48.2 Å². The molecule has 122 valence electrons. The van der Waals surface area contributed by atoms with Gasteiger partial charge in [0.15, 0.2) is 5.76 Å². The zero-order valence-corrected chi connectivity index (χ0v) is 13.7. The summed E-state index contributed by atoms with van der Waals surface area (Å²) in [5, 5.41) is 0. The summed E-state index contributed by atoms with van der Waals surface area (Å²) < 4.78 is 5.20. The van der Waals surface area contributed by atoms with Gasteiger partial charge in [0.1, 0.15) is 0 Å². The van der Waals surface area contributed by atoms with Crippen LogP contribution in [-0.4, -0.2) is 56.0 Å². The van der Waals surface area contributed by atoms with Crippen molar-refractivity contribution in [3.8, 4) is 0 Å². The first kappa shape index (κ1) is 15.6. The Hall–Kier alpha value is -2.27. The average molecular weight is 313 g/mol. The number of anilines is 1. The van der Waals surface area contributed by atoms with Crippen molar-refractivity contribution in [2.45, 2.75) is 6.54 Å². The highest BCUT2D eigenvalue weighted by atomic mass is 16.3. The van der Waals surface area contributed by atoms with E-state index in [9.17, 15) is 4.79 Å². The van der Waals surface area contributed by atoms with Gasteiger partial charge in [-0.2, -0.15) is 0 Å². The molecule has 5 heteroatoms. The monoisotopic (exact) mass is 313 g/mol. The standard InChI is InChI=1S/C18H23N3O2/c1-19(2)14-15-5-7-16(8-6-15)20-9-11-21(12-10-20)18(22)17-4-3-13-23-17/h3-8,13H,9-12,14H2,1-2H3. The first-order chi connectivity index (χ1) is 11.1. The Labute approximate surface area is 137 Å². The first-order valence-electron chi connectivity index (χ1n) is 7.95. The normalized spacial score (nSPS) is 15.3. The molecule has 1 aliphatic heterocycles. The van der Waals surface area contributed by atoms with E-state index in [1.807, 2.05) is 4.90 Å². The van der Waals surface area contributed by atoms with Crippen LogP contribution in [0, 0.1) is 0 Å². The molecule has 2 heterocycles. The molecule has 0 unspecified atom stereocenters. The Morgan fingerprint density at radius 3 is 2.35 bits per heavy atom. The number of furan rings is 1. The smallest absolute Gasteiger partial charge is 0.289 e. The van der Waals surface area contributed by atoms with Crippen molar-refractivity contribution >= 4 is 11.6 Å². The number of piperazine rings is 1. The predicted octanol–water partition coefficient (Wildman–Crippen LogP) is 2.30. The van der Waals surface area contributed by atoms with Crippen LogP contribution in [0.1, 0.15) is 16.1 Å². The molecule has 1 aliphatic rings. The summed E-state index contributed by atoms with van der Waals surface area (Å²) in [5.74, 6) is 0.405. The Kier molecular flexibility index (Phi) is 4.67. The molecule has 1 aromatic heterocycles. The van der Waals surface area contributed by atoms with Crippen molar-refractivity contribution in [3.63, 3.8) is 0 Å². The van der Waals surface area contributed by atoms with Crippen molar-refractivity contribution < 1.29 is 9.21 Å². The number of hydrogen-bond acceptors (Lipinski definition) is 4. The molecule has 5 nitrogen and oxygen atoms in total. The van der Waals surface area contributed by atoms with E-state index in [1.54, 1.807) is 18.4 Å². The second-order valence-electron chi connectivity index (χ2n) is 6.16. The van der Waals surface area contributed by atoms with E-state index in [0.29, 0.717) is 5.76 Å². The average Bonchev–Trinajstić information content (AvgIpc) is 3.09. The lowest BCUT2D eigenvalue weighted by Crippen LogP contribution is -2.48. The van der Waals surface area contributed by atoms with Gasteiger partial charge in [-0.1, -0.05) is 12.1 Å². The summed E-state index contributed by atoms with van der Waals surface area (Å²) >= 11 is 0. The fraction of sp³-hybridized carbons (Fsp3) is 0.389. The maximum absolute atomic E-state index is 12.3. The van der Waals surface area contributed by atoms with E-state index in [1.165, 1.54) is 11.3 Å². The molecule has 2 aromatic rings. The van der Waals surface area contributed by atoms with Gasteiger partial charge in [-0.15, -0.1) is 0 Å². The molecule has 1 fully saturated rings. The van der Waals surface area contributed by atoms with Crippen LogP contribution in [0.5, 0.6) is 0 Å². The fourth-order valence-electron chi connectivity index (χ4n) is 2.90. The lowest BCUT2D eigenvalue weighted by molar-refractivity contribution is 0.0714. The molecule has 1 aromatic carbocycles. The van der Waals surface area contributed by atoms with E-state index in [0.717, 1.165) is 32.7 Å². The topological polar surface area (TPSA) is 39.9 Å². The van der Waals surface area contributed by atoms with Crippen LogP contribution in [0.3, 0.4) is 0 Å². The van der Waals surface area contributed by atoms with Crippen molar-refractivity contribution in [2.24, 2.45) is 0 Å². The summed E-state index contributed by atoms with van der Waals surface area (Å²) in [6.45, 7) is 4.09. The van der Waals surface area contributed by atoms with Gasteiger partial charge in [0.2, 0.25) is 0 Å². The highest BCUT2D eigenvalue weighted by Gasteiger charge is 2.23. The highest BCUT2D eigenvalue weighted by Crippen LogP contribution is 2.19. The molecule has 0 spiro atoms. The summed E-state index contributed by atoms with van der Waals surface area (Å²) in [7, 11) is 4.15. The van der Waals surface area contributed by atoms with Crippen molar-refractivity contribution in [2.75, 3.05) is 45.2 Å². The maximum atomic E-state index is 12.3. The number of rotatable bonds is 4. The van der Waals surface area contributed by atoms with E-state index >= 15 is 0 Å². The Balaban J connectivity index is 1.57. The summed E-state index contributed by atoms with van der Waals surface area (Å²) in [6, 6.07) is 12.2. The summed E-state index contributed by atoms with van der Waals surface area (Å²) in [5.41, 5.74) is 2.53. The molecule has 1 amide bonds. The lowest BCUT2D eigenvalue weighted by Gasteiger charge is -2.35. The van der Waals surface area contributed by atoms with Crippen molar-refractivity contribution in [3.05, 3.63) is 54.0 Å². The molecule has 0 saturated carbocycles. The zero-order chi connectivity index (χ0) is 16.2. The fourth-order valence-corrected chi connectivity index (χ4v) is 2.90. The second kappa shape index (κ2) is 6.87. The molecular formula is C18H23N3O2. The van der Waals surface area contributed by atoms with Gasteiger partial charge in [0, 0.05) is 38.4 Å². The number of carbonyl (C=O) groups excluding carboxylic acids is 1. The maximum Gasteiger partial charge on any atom is 0.289 e. The van der Waals surface area contributed by atoms with Crippen LogP contribution >= 0.6 is 0 Å². The molecule has 23 heavy (non-hydrogen) atoms. The predicted molar refractivity (Wildman–Crippen MR) is 90.7 cm³/mol. The van der Waals surface area contributed by atoms with Crippen LogP contribution in [0.25, 0.3) is 0 Å². The molecule has 0 bridgehead atoms. The van der Waals surface area contributed by atoms with Crippen LogP contribution < -0.4 is 4.90 Å². The summed E-state index contributed by atoms with van der Waals surface area (Å²) in [6.07, 6.45) is 1.54. The molecule has 1 saturated heterocycles. The van der Waals surface area contributed by atoms with Crippen LogP contribution in [0.15, 0.2) is 47.1 Å². The SMILES string of the molecule is CN(C)Cc1ccc(N2CCN(C(=O)c3ccco3)CC2)cc1. The van der Waals surface area contributed by atoms with Gasteiger partial charge in [-0.3, -0.25) is 4.79 Å². The molecule has 3 rings (SSSR count). The molecule has 0 atom stereocenters. The Morgan fingerprint density at radius 2 is 1.78 bits per heavy atom. The van der Waals surface area contributed by atoms with E-state index in [4.69, 9.17) is 4.42 Å². The molecular weight excluding hydrogens is 290 g/mol. The first-order valence-corrected chi connectivity index (χ1v) is 7.95. The third-order valence-corrected chi connectivity index (χ3v) is 4.10. The van der Waals surface area contributed by atoms with Gasteiger partial charge in [-0.25, -0.2) is 0 Å². The van der Waals surface area contributed by atoms with E-state index < -0.39 is 0 Å². The van der Waals surface area contributed by atoms with Crippen LogP contribution in [0.4, 0.5) is 5.69 Å². The van der Waals surface area contributed by atoms with Gasteiger partial charge in [0.05, 0.1) is 6.26 Å². The van der Waals surface area contributed by atoms with Crippen LogP contribution in [-0.2, 0) is 6.54 Å². The van der Waals surface area contributed by atoms with Gasteiger partial charge >= 0.3 is 0 Å². The Morgan fingerprint density at radius 1 is 1.09 bits per heavy atom. The minimum absolute atomic E-state index is 0.0176. The van der Waals surface area contributed by atoms with Crippen molar-refractivity contribution in [1.29, 1.82) is 0 Å². The zero-order valence-electron chi connectivity index (χ0n) is 13.7.